The van der Waals surface area contributed by atoms with Crippen molar-refractivity contribution in [3.63, 3.8) is 0 Å². The van der Waals surface area contributed by atoms with Gasteiger partial charge in [-0.15, -0.1) is 11.3 Å². The zero-order chi connectivity index (χ0) is 40.8. The minimum absolute atomic E-state index is 0.0194. The lowest BCUT2D eigenvalue weighted by Crippen LogP contribution is -2.59. The SMILES string of the molecule is CC[C@H](C)[C@H](NC(=O)[C@H]1CCCCN1C)C(=O)N(COC(=O)CC(C)C)[C@H](C[C@@H](OC(C)=O)c1nc(C(=O)N[C@@H](Cc2ccccc2)C(=O)O)cs1)C(C)C. The second-order valence-electron chi connectivity index (χ2n) is 15.2. The number of piperidine rings is 1. The number of aliphatic carboxylic acids is 1. The number of rotatable bonds is 20. The van der Waals surface area contributed by atoms with Crippen LogP contribution in [0.2, 0.25) is 0 Å². The Balaban J connectivity index is 1.95. The third kappa shape index (κ3) is 13.7. The smallest absolute Gasteiger partial charge is 0.326 e. The van der Waals surface area contributed by atoms with Crippen molar-refractivity contribution >= 4 is 47.0 Å². The molecule has 0 unspecified atom stereocenters. The van der Waals surface area contributed by atoms with Crippen molar-refractivity contribution in [2.24, 2.45) is 17.8 Å². The van der Waals surface area contributed by atoms with E-state index < -0.39 is 60.7 Å². The molecule has 55 heavy (non-hydrogen) atoms. The summed E-state index contributed by atoms with van der Waals surface area (Å²) >= 11 is 1.06. The summed E-state index contributed by atoms with van der Waals surface area (Å²) in [5.41, 5.74) is 0.676. The standard InChI is InChI=1S/C40H59N5O9S/c1-9-26(6)35(43-37(49)31-17-13-14-18-44(31)8)39(50)45(23-53-34(47)19-24(2)3)32(25(4)5)21-33(54-27(7)46)38-42-30(22-55-38)36(48)41-29(40(51)52)20-28-15-11-10-12-16-28/h10-12,15-16,22,24-26,29,31-33,35H,9,13-14,17-21,23H2,1-8H3,(H,41,48)(H,43,49)(H,51,52)/t26-,29-,31+,32+,33+,35-/m0/s1. The van der Waals surface area contributed by atoms with Crippen LogP contribution < -0.4 is 10.6 Å². The molecule has 0 radical (unpaired) electrons. The first-order chi connectivity index (χ1) is 26.0. The van der Waals surface area contributed by atoms with E-state index in [0.29, 0.717) is 12.8 Å². The molecule has 2 heterocycles. The Kier molecular flexibility index (Phi) is 17.7. The molecule has 1 aromatic carbocycles. The highest BCUT2D eigenvalue weighted by atomic mass is 32.1. The van der Waals surface area contributed by atoms with E-state index in [2.05, 4.69) is 15.6 Å². The number of nitrogens with zero attached hydrogens (tertiary/aromatic N) is 3. The fourth-order valence-electron chi connectivity index (χ4n) is 6.57. The molecular formula is C40H59N5O9S. The number of hydrogen-bond donors (Lipinski definition) is 3. The number of aromatic nitrogens is 1. The minimum atomic E-state index is -1.22. The number of nitrogens with one attached hydrogen (secondary N) is 2. The van der Waals surface area contributed by atoms with E-state index >= 15 is 0 Å². The quantitative estimate of drug-likeness (QED) is 0.122. The van der Waals surface area contributed by atoms with E-state index in [1.54, 1.807) is 24.3 Å². The minimum Gasteiger partial charge on any atom is -0.480 e. The Morgan fingerprint density at radius 2 is 1.73 bits per heavy atom. The molecule has 0 bridgehead atoms. The van der Waals surface area contributed by atoms with Crippen LogP contribution in [0.3, 0.4) is 0 Å². The van der Waals surface area contributed by atoms with Crippen molar-refractivity contribution in [2.75, 3.05) is 20.3 Å². The highest BCUT2D eigenvalue weighted by Gasteiger charge is 2.39. The normalized spacial score (nSPS) is 17.4. The molecule has 0 spiro atoms. The van der Waals surface area contributed by atoms with Gasteiger partial charge in [-0.1, -0.05) is 84.7 Å². The van der Waals surface area contributed by atoms with Crippen LogP contribution in [0.4, 0.5) is 0 Å². The van der Waals surface area contributed by atoms with E-state index in [0.717, 1.165) is 36.3 Å². The predicted molar refractivity (Wildman–Crippen MR) is 208 cm³/mol. The molecule has 14 nitrogen and oxygen atoms in total. The first-order valence-corrected chi connectivity index (χ1v) is 20.1. The van der Waals surface area contributed by atoms with Crippen LogP contribution in [0.15, 0.2) is 35.7 Å². The highest BCUT2D eigenvalue weighted by molar-refractivity contribution is 7.09. The molecule has 15 heteroatoms. The number of carbonyl (C=O) groups is 6. The Hall–Kier alpha value is -4.37. The van der Waals surface area contributed by atoms with Gasteiger partial charge >= 0.3 is 17.9 Å². The molecular weight excluding hydrogens is 727 g/mol. The van der Waals surface area contributed by atoms with Crippen LogP contribution >= 0.6 is 11.3 Å². The van der Waals surface area contributed by atoms with Crippen molar-refractivity contribution in [2.45, 2.75) is 124 Å². The monoisotopic (exact) mass is 785 g/mol. The van der Waals surface area contributed by atoms with Crippen molar-refractivity contribution in [3.05, 3.63) is 52.0 Å². The Morgan fingerprint density at radius 3 is 2.31 bits per heavy atom. The molecule has 1 aliphatic rings. The summed E-state index contributed by atoms with van der Waals surface area (Å²) in [6, 6.07) is 5.70. The molecule has 0 saturated carbocycles. The van der Waals surface area contributed by atoms with Gasteiger partial charge in [-0.2, -0.15) is 0 Å². The summed E-state index contributed by atoms with van der Waals surface area (Å²) < 4.78 is 11.5. The van der Waals surface area contributed by atoms with Crippen molar-refractivity contribution in [3.8, 4) is 0 Å². The topological polar surface area (TPSA) is 185 Å². The maximum absolute atomic E-state index is 14.7. The lowest BCUT2D eigenvalue weighted by Gasteiger charge is -2.39. The predicted octanol–water partition coefficient (Wildman–Crippen LogP) is 4.98. The Bertz CT molecular complexity index is 1600. The van der Waals surface area contributed by atoms with Gasteiger partial charge in [0.15, 0.2) is 12.8 Å². The van der Waals surface area contributed by atoms with Gasteiger partial charge < -0.3 is 30.1 Å². The van der Waals surface area contributed by atoms with Crippen LogP contribution in [-0.4, -0.2) is 100 Å². The number of carboxylic acid groups (broad SMARTS) is 1. The molecule has 0 aliphatic carbocycles. The molecule has 3 amide bonds. The number of benzene rings is 1. The van der Waals surface area contributed by atoms with Gasteiger partial charge in [-0.05, 0) is 49.8 Å². The third-order valence-electron chi connectivity index (χ3n) is 9.92. The first kappa shape index (κ1) is 45.0. The lowest BCUT2D eigenvalue weighted by atomic mass is 9.92. The maximum atomic E-state index is 14.7. The second-order valence-corrected chi connectivity index (χ2v) is 16.1. The number of ether oxygens (including phenoxy) is 2. The summed E-state index contributed by atoms with van der Waals surface area (Å²) in [7, 11) is 1.90. The van der Waals surface area contributed by atoms with Crippen LogP contribution in [-0.2, 0) is 39.9 Å². The summed E-state index contributed by atoms with van der Waals surface area (Å²) in [6.07, 6.45) is 2.36. The Morgan fingerprint density at radius 1 is 1.04 bits per heavy atom. The largest absolute Gasteiger partial charge is 0.480 e. The van der Waals surface area contributed by atoms with Gasteiger partial charge in [0.05, 0.1) is 6.04 Å². The molecule has 6 atom stereocenters. The highest BCUT2D eigenvalue weighted by Crippen LogP contribution is 2.32. The van der Waals surface area contributed by atoms with Crippen LogP contribution in [0.1, 0.15) is 114 Å². The van der Waals surface area contributed by atoms with Gasteiger partial charge in [0.2, 0.25) is 11.8 Å². The molecule has 1 aliphatic heterocycles. The van der Waals surface area contributed by atoms with Crippen molar-refractivity contribution in [1.29, 1.82) is 0 Å². The number of carbonyl (C=O) groups excluding carboxylic acids is 5. The third-order valence-corrected chi connectivity index (χ3v) is 10.9. The van der Waals surface area contributed by atoms with Crippen LogP contribution in [0, 0.1) is 17.8 Å². The molecule has 1 fully saturated rings. The zero-order valence-corrected chi connectivity index (χ0v) is 34.2. The van der Waals surface area contributed by atoms with E-state index in [4.69, 9.17) is 9.47 Å². The fourth-order valence-corrected chi connectivity index (χ4v) is 7.41. The van der Waals surface area contributed by atoms with Crippen molar-refractivity contribution in [1.82, 2.24) is 25.4 Å². The molecule has 3 rings (SSSR count). The number of hydrogen-bond acceptors (Lipinski definition) is 11. The molecule has 304 valence electrons. The van der Waals surface area contributed by atoms with E-state index in [1.807, 2.05) is 59.6 Å². The molecule has 1 saturated heterocycles. The van der Waals surface area contributed by atoms with Gasteiger partial charge in [0, 0.05) is 37.6 Å². The Labute approximate surface area is 328 Å². The van der Waals surface area contributed by atoms with Gasteiger partial charge in [0.1, 0.15) is 22.8 Å². The first-order valence-electron chi connectivity index (χ1n) is 19.2. The van der Waals surface area contributed by atoms with E-state index in [9.17, 15) is 33.9 Å². The number of likely N-dealkylation sites (N-methyl/N-ethyl adjacent to an activating group) is 1. The maximum Gasteiger partial charge on any atom is 0.326 e. The number of esters is 2. The molecule has 3 N–H and O–H groups in total. The summed E-state index contributed by atoms with van der Waals surface area (Å²) in [5.74, 6) is -4.21. The fraction of sp³-hybridized carbons (Fsp3) is 0.625. The van der Waals surface area contributed by atoms with Crippen LogP contribution in [0.5, 0.6) is 0 Å². The molecule has 2 aromatic rings. The number of thiazole rings is 1. The average Bonchev–Trinajstić information content (AvgIpc) is 3.63. The van der Waals surface area contributed by atoms with Gasteiger partial charge in [0.25, 0.3) is 5.91 Å². The van der Waals surface area contributed by atoms with E-state index in [1.165, 1.54) is 17.2 Å². The van der Waals surface area contributed by atoms with Gasteiger partial charge in [-0.25, -0.2) is 9.78 Å². The summed E-state index contributed by atoms with van der Waals surface area (Å²) in [6.45, 7) is 13.0. The number of carboxylic acids is 1. The summed E-state index contributed by atoms with van der Waals surface area (Å²) in [4.78, 5) is 86.9. The molecule has 1 aromatic heterocycles. The lowest BCUT2D eigenvalue weighted by molar-refractivity contribution is -0.161. The van der Waals surface area contributed by atoms with Gasteiger partial charge in [-0.3, -0.25) is 28.9 Å². The van der Waals surface area contributed by atoms with E-state index in [-0.39, 0.29) is 59.7 Å². The second kappa shape index (κ2) is 21.6. The number of amides is 3. The average molecular weight is 786 g/mol. The summed E-state index contributed by atoms with van der Waals surface area (Å²) in [5, 5.41) is 17.1. The zero-order valence-electron chi connectivity index (χ0n) is 33.4. The van der Waals surface area contributed by atoms with Crippen molar-refractivity contribution < 1.29 is 43.3 Å². The number of likely N-dealkylation sites (tertiary alicyclic amines) is 1. The van der Waals surface area contributed by atoms with Crippen LogP contribution in [0.25, 0.3) is 0 Å².